The number of carboxylic acids is 1. The van der Waals surface area contributed by atoms with Crippen LogP contribution in [0.25, 0.3) is 0 Å². The molecule has 3 heteroatoms. The summed E-state index contributed by atoms with van der Waals surface area (Å²) in [5.74, 6) is -0.835. The lowest BCUT2D eigenvalue weighted by atomic mass is 9.95. The summed E-state index contributed by atoms with van der Waals surface area (Å²) in [6.45, 7) is 3.87. The van der Waals surface area contributed by atoms with Crippen LogP contribution in [0.4, 0.5) is 0 Å². The maximum atomic E-state index is 10.5. The third-order valence-corrected chi connectivity index (χ3v) is 1.98. The van der Waals surface area contributed by atoms with E-state index in [1.165, 1.54) is 0 Å². The van der Waals surface area contributed by atoms with E-state index in [1.54, 1.807) is 0 Å². The maximum absolute atomic E-state index is 10.5. The molecule has 1 aliphatic heterocycles. The Bertz CT molecular complexity index is 163. The first-order valence-corrected chi connectivity index (χ1v) is 3.92. The number of aliphatic carboxylic acids is 1. The third-order valence-electron chi connectivity index (χ3n) is 1.98. The molecule has 1 aliphatic rings. The van der Waals surface area contributed by atoms with Gasteiger partial charge in [0.05, 0.1) is 5.60 Å². The molecule has 1 heterocycles. The molecular weight excluding hydrogens is 144 g/mol. The summed E-state index contributed by atoms with van der Waals surface area (Å²) in [6.07, 6.45) is 1.97. The summed E-state index contributed by atoms with van der Waals surface area (Å²) >= 11 is 0. The topological polar surface area (TPSA) is 46.5 Å². The molecule has 3 nitrogen and oxygen atoms in total. The van der Waals surface area contributed by atoms with Crippen LogP contribution in [0.5, 0.6) is 0 Å². The Morgan fingerprint density at radius 1 is 1.64 bits per heavy atom. The largest absolute Gasteiger partial charge is 0.479 e. The Kier molecular flexibility index (Phi) is 2.18. The fourth-order valence-corrected chi connectivity index (χ4v) is 1.39. The van der Waals surface area contributed by atoms with Crippen LogP contribution in [-0.4, -0.2) is 22.8 Å². The lowest BCUT2D eigenvalue weighted by molar-refractivity contribution is -0.169. The second-order valence-corrected chi connectivity index (χ2v) is 3.60. The average Bonchev–Trinajstić information content (AvgIpc) is 1.85. The van der Waals surface area contributed by atoms with Gasteiger partial charge in [-0.3, -0.25) is 0 Å². The van der Waals surface area contributed by atoms with Gasteiger partial charge in [0.2, 0.25) is 0 Å². The fourth-order valence-electron chi connectivity index (χ4n) is 1.39. The molecule has 0 aromatic carbocycles. The van der Waals surface area contributed by atoms with Crippen LogP contribution in [0, 0.1) is 0 Å². The maximum Gasteiger partial charge on any atom is 0.332 e. The van der Waals surface area contributed by atoms with Crippen molar-refractivity contribution in [3.8, 4) is 0 Å². The molecule has 64 valence electrons. The molecule has 1 rings (SSSR count). The van der Waals surface area contributed by atoms with Crippen molar-refractivity contribution in [3.05, 3.63) is 0 Å². The molecule has 1 saturated heterocycles. The van der Waals surface area contributed by atoms with Gasteiger partial charge < -0.3 is 9.84 Å². The minimum absolute atomic E-state index is 0.249. The summed E-state index contributed by atoms with van der Waals surface area (Å²) in [5.41, 5.74) is -0.249. The van der Waals surface area contributed by atoms with Gasteiger partial charge in [-0.05, 0) is 33.1 Å². The molecule has 0 aromatic heterocycles. The zero-order valence-electron chi connectivity index (χ0n) is 6.96. The Hall–Kier alpha value is -0.570. The van der Waals surface area contributed by atoms with Crippen LogP contribution < -0.4 is 0 Å². The minimum Gasteiger partial charge on any atom is -0.479 e. The van der Waals surface area contributed by atoms with E-state index in [0.29, 0.717) is 6.42 Å². The van der Waals surface area contributed by atoms with Gasteiger partial charge in [0.25, 0.3) is 0 Å². The SMILES string of the molecule is CC1(C)CCCC(C(=O)O)O1. The van der Waals surface area contributed by atoms with Crippen molar-refractivity contribution in [3.63, 3.8) is 0 Å². The van der Waals surface area contributed by atoms with Gasteiger partial charge in [0.15, 0.2) is 6.10 Å². The first kappa shape index (κ1) is 8.53. The van der Waals surface area contributed by atoms with Gasteiger partial charge in [0, 0.05) is 0 Å². The van der Waals surface area contributed by atoms with Crippen LogP contribution >= 0.6 is 0 Å². The van der Waals surface area contributed by atoms with Crippen molar-refractivity contribution >= 4 is 5.97 Å². The van der Waals surface area contributed by atoms with Gasteiger partial charge in [-0.2, -0.15) is 0 Å². The number of hydrogen-bond donors (Lipinski definition) is 1. The molecule has 0 radical (unpaired) electrons. The Balaban J connectivity index is 2.53. The van der Waals surface area contributed by atoms with Crippen LogP contribution in [0.15, 0.2) is 0 Å². The minimum atomic E-state index is -0.835. The average molecular weight is 158 g/mol. The van der Waals surface area contributed by atoms with E-state index in [1.807, 2.05) is 13.8 Å². The predicted octanol–water partition coefficient (Wildman–Crippen LogP) is 1.42. The normalized spacial score (nSPS) is 29.8. The smallest absolute Gasteiger partial charge is 0.332 e. The predicted molar refractivity (Wildman–Crippen MR) is 40.4 cm³/mol. The highest BCUT2D eigenvalue weighted by molar-refractivity contribution is 5.72. The quantitative estimate of drug-likeness (QED) is 0.627. The second-order valence-electron chi connectivity index (χ2n) is 3.60. The number of hydrogen-bond acceptors (Lipinski definition) is 2. The van der Waals surface area contributed by atoms with E-state index >= 15 is 0 Å². The fraction of sp³-hybridized carbons (Fsp3) is 0.875. The van der Waals surface area contributed by atoms with Crippen molar-refractivity contribution in [2.75, 3.05) is 0 Å². The van der Waals surface area contributed by atoms with Crippen LogP contribution in [-0.2, 0) is 9.53 Å². The molecule has 1 atom stereocenters. The molecule has 1 unspecified atom stereocenters. The molecule has 0 bridgehead atoms. The van der Waals surface area contributed by atoms with E-state index < -0.39 is 12.1 Å². The van der Waals surface area contributed by atoms with Crippen molar-refractivity contribution in [1.29, 1.82) is 0 Å². The van der Waals surface area contributed by atoms with Crippen LogP contribution in [0.2, 0.25) is 0 Å². The zero-order valence-corrected chi connectivity index (χ0v) is 6.96. The molecule has 11 heavy (non-hydrogen) atoms. The first-order valence-electron chi connectivity index (χ1n) is 3.92. The lowest BCUT2D eigenvalue weighted by Crippen LogP contribution is -2.39. The number of carboxylic acid groups (broad SMARTS) is 1. The summed E-state index contributed by atoms with van der Waals surface area (Å²) in [6, 6.07) is 0. The van der Waals surface area contributed by atoms with Crippen molar-refractivity contribution < 1.29 is 14.6 Å². The number of carbonyl (C=O) groups is 1. The number of ether oxygens (including phenoxy) is 1. The second kappa shape index (κ2) is 2.81. The Morgan fingerprint density at radius 3 is 2.64 bits per heavy atom. The van der Waals surface area contributed by atoms with Gasteiger partial charge in [0.1, 0.15) is 0 Å². The molecule has 1 N–H and O–H groups in total. The summed E-state index contributed by atoms with van der Waals surface area (Å²) in [5, 5.41) is 8.65. The number of rotatable bonds is 1. The van der Waals surface area contributed by atoms with Crippen molar-refractivity contribution in [2.24, 2.45) is 0 Å². The standard InChI is InChI=1S/C8H14O3/c1-8(2)5-3-4-6(11-8)7(9)10/h6H,3-5H2,1-2H3,(H,9,10). The van der Waals surface area contributed by atoms with Crippen LogP contribution in [0.1, 0.15) is 33.1 Å². The zero-order chi connectivity index (χ0) is 8.48. The third kappa shape index (κ3) is 2.19. The van der Waals surface area contributed by atoms with Gasteiger partial charge >= 0.3 is 5.97 Å². The Morgan fingerprint density at radius 2 is 2.27 bits per heavy atom. The van der Waals surface area contributed by atoms with Crippen LogP contribution in [0.3, 0.4) is 0 Å². The molecule has 0 spiro atoms. The highest BCUT2D eigenvalue weighted by atomic mass is 16.5. The van der Waals surface area contributed by atoms with E-state index in [9.17, 15) is 4.79 Å². The van der Waals surface area contributed by atoms with Gasteiger partial charge in [-0.1, -0.05) is 0 Å². The Labute approximate surface area is 66.4 Å². The van der Waals surface area contributed by atoms with Gasteiger partial charge in [-0.15, -0.1) is 0 Å². The lowest BCUT2D eigenvalue weighted by Gasteiger charge is -2.33. The highest BCUT2D eigenvalue weighted by Gasteiger charge is 2.32. The molecule has 0 aliphatic carbocycles. The van der Waals surface area contributed by atoms with E-state index in [4.69, 9.17) is 9.84 Å². The molecular formula is C8H14O3. The van der Waals surface area contributed by atoms with Gasteiger partial charge in [-0.25, -0.2) is 4.79 Å². The van der Waals surface area contributed by atoms with E-state index in [2.05, 4.69) is 0 Å². The van der Waals surface area contributed by atoms with Crippen molar-refractivity contribution in [2.45, 2.75) is 44.8 Å². The molecule has 1 fully saturated rings. The molecule has 0 saturated carbocycles. The van der Waals surface area contributed by atoms with E-state index in [-0.39, 0.29) is 5.60 Å². The first-order chi connectivity index (χ1) is 5.01. The highest BCUT2D eigenvalue weighted by Crippen LogP contribution is 2.27. The summed E-state index contributed by atoms with van der Waals surface area (Å²) < 4.78 is 5.34. The molecule has 0 aromatic rings. The monoisotopic (exact) mass is 158 g/mol. The van der Waals surface area contributed by atoms with E-state index in [0.717, 1.165) is 12.8 Å². The summed E-state index contributed by atoms with van der Waals surface area (Å²) in [7, 11) is 0. The van der Waals surface area contributed by atoms with Crippen molar-refractivity contribution in [1.82, 2.24) is 0 Å². The summed E-state index contributed by atoms with van der Waals surface area (Å²) in [4.78, 5) is 10.5. The molecule has 0 amide bonds.